The molecule has 0 fully saturated rings. The Morgan fingerprint density at radius 3 is 2.58 bits per heavy atom. The van der Waals surface area contributed by atoms with Gasteiger partial charge < -0.3 is 9.73 Å². The van der Waals surface area contributed by atoms with Crippen LogP contribution in [-0.4, -0.2) is 4.98 Å². The number of benzene rings is 2. The average molecular weight is 466 g/mol. The first-order chi connectivity index (χ1) is 15.7. The molecule has 0 aliphatic carbocycles. The van der Waals surface area contributed by atoms with Crippen molar-refractivity contribution >= 4 is 28.3 Å². The maximum atomic E-state index is 13.9. The molecule has 4 aromatic rings. The van der Waals surface area contributed by atoms with Gasteiger partial charge in [0.05, 0.1) is 17.1 Å². The molecule has 2 aromatic heterocycles. The maximum Gasteiger partial charge on any atom is 0.196 e. The van der Waals surface area contributed by atoms with Gasteiger partial charge in [-0.25, -0.2) is 13.8 Å². The Morgan fingerprint density at radius 2 is 1.88 bits per heavy atom. The van der Waals surface area contributed by atoms with Crippen LogP contribution in [0.3, 0.4) is 0 Å². The Hall–Kier alpha value is -3.76. The molecule has 1 N–H and O–H groups in total. The molecule has 0 aliphatic rings. The first-order valence-electron chi connectivity index (χ1n) is 10.1. The van der Waals surface area contributed by atoms with Gasteiger partial charge in [-0.15, -0.1) is 0 Å². The zero-order valence-electron chi connectivity index (χ0n) is 18.0. The third-order valence-electron chi connectivity index (χ3n) is 5.38. The van der Waals surface area contributed by atoms with Gasteiger partial charge in [0.2, 0.25) is 0 Å². The predicted molar refractivity (Wildman–Crippen MR) is 123 cm³/mol. The molecule has 2 heterocycles. The summed E-state index contributed by atoms with van der Waals surface area (Å²) < 4.78 is 33.5. The quantitative estimate of drug-likeness (QED) is 0.350. The SMILES string of the molecule is Cc1cc(C(C)Nc2ccc(Cl)nc2C#N)c2oc(-c3ccc(F)c(F)c3)c(C)c(=O)c2c1. The van der Waals surface area contributed by atoms with Gasteiger partial charge in [-0.1, -0.05) is 17.7 Å². The number of fused-ring (bicyclic) bond motifs is 1. The van der Waals surface area contributed by atoms with Gasteiger partial charge in [0, 0.05) is 16.7 Å². The van der Waals surface area contributed by atoms with Gasteiger partial charge in [-0.05, 0) is 62.7 Å². The van der Waals surface area contributed by atoms with Crippen molar-refractivity contribution < 1.29 is 13.2 Å². The van der Waals surface area contributed by atoms with Crippen LogP contribution >= 0.6 is 11.6 Å². The first-order valence-corrected chi connectivity index (χ1v) is 10.4. The Morgan fingerprint density at radius 1 is 1.12 bits per heavy atom. The number of hydrogen-bond acceptors (Lipinski definition) is 5. The number of nitrogens with one attached hydrogen (secondary N) is 1. The van der Waals surface area contributed by atoms with Crippen LogP contribution in [0.5, 0.6) is 0 Å². The van der Waals surface area contributed by atoms with Crippen molar-refractivity contribution in [1.29, 1.82) is 5.26 Å². The highest BCUT2D eigenvalue weighted by Crippen LogP contribution is 2.33. The minimum Gasteiger partial charge on any atom is -0.455 e. The van der Waals surface area contributed by atoms with E-state index in [4.69, 9.17) is 16.0 Å². The molecule has 0 spiro atoms. The van der Waals surface area contributed by atoms with E-state index in [-0.39, 0.29) is 27.6 Å². The van der Waals surface area contributed by atoms with Crippen molar-refractivity contribution in [3.05, 3.63) is 91.9 Å². The Balaban J connectivity index is 1.90. The first kappa shape index (κ1) is 22.4. The number of nitrogens with zero attached hydrogens (tertiary/aromatic N) is 2. The van der Waals surface area contributed by atoms with Crippen LogP contribution in [0.25, 0.3) is 22.3 Å². The van der Waals surface area contributed by atoms with Crippen molar-refractivity contribution in [1.82, 2.24) is 4.98 Å². The highest BCUT2D eigenvalue weighted by Gasteiger charge is 2.20. The Bertz CT molecular complexity index is 1510. The maximum absolute atomic E-state index is 13.9. The Kier molecular flexibility index (Phi) is 5.88. The molecule has 0 saturated carbocycles. The molecule has 0 bridgehead atoms. The van der Waals surface area contributed by atoms with E-state index in [0.717, 1.165) is 17.7 Å². The predicted octanol–water partition coefficient (Wildman–Crippen LogP) is 6.45. The zero-order chi connectivity index (χ0) is 23.9. The minimum absolute atomic E-state index is 0.131. The molecule has 4 rings (SSSR count). The summed E-state index contributed by atoms with van der Waals surface area (Å²) >= 11 is 5.89. The largest absolute Gasteiger partial charge is 0.455 e. The molecule has 33 heavy (non-hydrogen) atoms. The second kappa shape index (κ2) is 8.64. The molecular formula is C25H18ClF2N3O2. The van der Waals surface area contributed by atoms with Crippen LogP contribution in [-0.2, 0) is 0 Å². The minimum atomic E-state index is -1.03. The second-order valence-electron chi connectivity index (χ2n) is 7.75. The summed E-state index contributed by atoms with van der Waals surface area (Å²) in [5.41, 5.74) is 2.70. The standard InChI is InChI=1S/C25H18ClF2N3O2/c1-12-8-16(14(3)30-20-6-7-22(26)31-21(20)11-29)25-17(9-12)23(32)13(2)24(33-25)15-4-5-18(27)19(28)10-15/h4-10,14,30H,1-3H3. The summed E-state index contributed by atoms with van der Waals surface area (Å²) in [7, 11) is 0. The fourth-order valence-electron chi connectivity index (χ4n) is 3.75. The van der Waals surface area contributed by atoms with Crippen LogP contribution in [0, 0.1) is 36.8 Å². The molecule has 0 aliphatic heterocycles. The van der Waals surface area contributed by atoms with Crippen molar-refractivity contribution in [2.45, 2.75) is 26.8 Å². The molecule has 2 aromatic carbocycles. The summed E-state index contributed by atoms with van der Waals surface area (Å²) in [4.78, 5) is 17.2. The molecular weight excluding hydrogens is 448 g/mol. The highest BCUT2D eigenvalue weighted by molar-refractivity contribution is 6.29. The van der Waals surface area contributed by atoms with E-state index in [9.17, 15) is 18.8 Å². The van der Waals surface area contributed by atoms with E-state index in [1.807, 2.05) is 26.0 Å². The Labute approximate surface area is 193 Å². The molecule has 1 unspecified atom stereocenters. The zero-order valence-corrected chi connectivity index (χ0v) is 18.7. The van der Waals surface area contributed by atoms with Crippen LogP contribution in [0.1, 0.15) is 35.3 Å². The monoisotopic (exact) mass is 465 g/mol. The molecule has 0 radical (unpaired) electrons. The van der Waals surface area contributed by atoms with Gasteiger partial charge in [0.1, 0.15) is 22.6 Å². The average Bonchev–Trinajstić information content (AvgIpc) is 2.79. The molecule has 0 saturated heterocycles. The molecule has 5 nitrogen and oxygen atoms in total. The van der Waals surface area contributed by atoms with E-state index >= 15 is 0 Å². The van der Waals surface area contributed by atoms with Gasteiger partial charge in [0.15, 0.2) is 22.8 Å². The van der Waals surface area contributed by atoms with E-state index < -0.39 is 17.7 Å². The topological polar surface area (TPSA) is 78.9 Å². The number of aromatic nitrogens is 1. The van der Waals surface area contributed by atoms with Crippen LogP contribution in [0.2, 0.25) is 5.15 Å². The van der Waals surface area contributed by atoms with Gasteiger partial charge in [-0.3, -0.25) is 4.79 Å². The third kappa shape index (κ3) is 4.18. The number of nitriles is 1. The number of halogens is 3. The van der Waals surface area contributed by atoms with E-state index in [1.165, 1.54) is 6.07 Å². The number of pyridine rings is 1. The van der Waals surface area contributed by atoms with Crippen LogP contribution in [0.4, 0.5) is 14.5 Å². The fraction of sp³-hybridized carbons (Fsp3) is 0.160. The highest BCUT2D eigenvalue weighted by atomic mass is 35.5. The summed E-state index contributed by atoms with van der Waals surface area (Å²) in [5, 5.41) is 13.2. The van der Waals surface area contributed by atoms with Crippen LogP contribution in [0.15, 0.2) is 51.7 Å². The number of aryl methyl sites for hydroxylation is 1. The van der Waals surface area contributed by atoms with Crippen molar-refractivity contribution in [2.24, 2.45) is 0 Å². The lowest BCUT2D eigenvalue weighted by atomic mass is 9.98. The summed E-state index contributed by atoms with van der Waals surface area (Å²) in [6, 6.07) is 11.8. The number of rotatable bonds is 4. The molecule has 166 valence electrons. The van der Waals surface area contributed by atoms with Gasteiger partial charge in [0.25, 0.3) is 0 Å². The van der Waals surface area contributed by atoms with Gasteiger partial charge >= 0.3 is 0 Å². The van der Waals surface area contributed by atoms with Crippen molar-refractivity contribution in [2.75, 3.05) is 5.32 Å². The number of hydrogen-bond donors (Lipinski definition) is 1. The lowest BCUT2D eigenvalue weighted by Crippen LogP contribution is -2.13. The lowest BCUT2D eigenvalue weighted by molar-refractivity contribution is 0.508. The second-order valence-corrected chi connectivity index (χ2v) is 8.14. The van der Waals surface area contributed by atoms with E-state index in [1.54, 1.807) is 25.1 Å². The van der Waals surface area contributed by atoms with E-state index in [0.29, 0.717) is 27.8 Å². The fourth-order valence-corrected chi connectivity index (χ4v) is 3.90. The van der Waals surface area contributed by atoms with E-state index in [2.05, 4.69) is 10.3 Å². The third-order valence-corrected chi connectivity index (χ3v) is 5.59. The van der Waals surface area contributed by atoms with Crippen molar-refractivity contribution in [3.63, 3.8) is 0 Å². The summed E-state index contributed by atoms with van der Waals surface area (Å²) in [5.74, 6) is -1.86. The summed E-state index contributed by atoms with van der Waals surface area (Å²) in [6.45, 7) is 5.30. The van der Waals surface area contributed by atoms with Gasteiger partial charge in [-0.2, -0.15) is 5.26 Å². The number of anilines is 1. The summed E-state index contributed by atoms with van der Waals surface area (Å²) in [6.07, 6.45) is 0. The lowest BCUT2D eigenvalue weighted by Gasteiger charge is -2.19. The normalized spacial score (nSPS) is 11.9. The molecule has 1 atom stereocenters. The molecule has 0 amide bonds. The van der Waals surface area contributed by atoms with Crippen molar-refractivity contribution in [3.8, 4) is 17.4 Å². The smallest absolute Gasteiger partial charge is 0.196 e. The van der Waals surface area contributed by atoms with Crippen LogP contribution < -0.4 is 10.7 Å². The molecule has 8 heteroatoms.